The molecule has 2 atom stereocenters. The number of anilines is 1. The second-order valence-electron chi connectivity index (χ2n) is 6.27. The maximum Gasteiger partial charge on any atom is 0.330 e. The molecule has 9 heteroatoms. The molecule has 0 aliphatic carbocycles. The molecule has 0 bridgehead atoms. The van der Waals surface area contributed by atoms with Crippen molar-refractivity contribution in [3.05, 3.63) is 23.2 Å². The summed E-state index contributed by atoms with van der Waals surface area (Å²) < 4.78 is 10.3. The highest BCUT2D eigenvalue weighted by Gasteiger charge is 2.53. The van der Waals surface area contributed by atoms with Crippen molar-refractivity contribution in [2.75, 3.05) is 24.8 Å². The van der Waals surface area contributed by atoms with E-state index in [1.807, 2.05) is 6.92 Å². The number of ether oxygens (including phenoxy) is 2. The van der Waals surface area contributed by atoms with Gasteiger partial charge in [0.15, 0.2) is 6.61 Å². The monoisotopic (exact) mass is 398 g/mol. The fourth-order valence-corrected chi connectivity index (χ4v) is 4.78. The summed E-state index contributed by atoms with van der Waals surface area (Å²) in [6.07, 6.45) is 1.15. The number of carbonyl (C=O) groups excluding carboxylic acids is 3. The number of thioether (sulfide) groups is 1. The SMILES string of the molecule is COc1ccc(Cl)cc1NC(=O)COC(=O)[C@H]1CS[C@]2(C)CCC(=O)N12. The fourth-order valence-electron chi connectivity index (χ4n) is 3.19. The Bertz CT molecular complexity index is 759. The van der Waals surface area contributed by atoms with Gasteiger partial charge in [0, 0.05) is 17.2 Å². The number of carbonyl (C=O) groups is 3. The number of halogens is 1. The molecule has 2 saturated heterocycles. The van der Waals surface area contributed by atoms with Crippen molar-refractivity contribution >= 4 is 46.8 Å². The molecule has 3 rings (SSSR count). The number of esters is 1. The molecule has 2 heterocycles. The van der Waals surface area contributed by atoms with Crippen LogP contribution in [-0.4, -0.2) is 53.1 Å². The van der Waals surface area contributed by atoms with E-state index in [1.165, 1.54) is 7.11 Å². The molecule has 1 aromatic carbocycles. The van der Waals surface area contributed by atoms with Crippen molar-refractivity contribution in [3.8, 4) is 5.75 Å². The molecule has 140 valence electrons. The largest absolute Gasteiger partial charge is 0.495 e. The van der Waals surface area contributed by atoms with Gasteiger partial charge >= 0.3 is 5.97 Å². The van der Waals surface area contributed by atoms with Crippen LogP contribution in [0.4, 0.5) is 5.69 Å². The van der Waals surface area contributed by atoms with Crippen LogP contribution in [0.3, 0.4) is 0 Å². The molecule has 2 fully saturated rings. The lowest BCUT2D eigenvalue weighted by molar-refractivity contribution is -0.155. The summed E-state index contributed by atoms with van der Waals surface area (Å²) in [5.74, 6) is -0.206. The smallest absolute Gasteiger partial charge is 0.330 e. The van der Waals surface area contributed by atoms with Gasteiger partial charge in [0.25, 0.3) is 5.91 Å². The second kappa shape index (κ2) is 7.36. The van der Waals surface area contributed by atoms with Crippen molar-refractivity contribution in [3.63, 3.8) is 0 Å². The molecule has 0 unspecified atom stereocenters. The Morgan fingerprint density at radius 2 is 2.23 bits per heavy atom. The summed E-state index contributed by atoms with van der Waals surface area (Å²) in [4.78, 5) is 37.8. The summed E-state index contributed by atoms with van der Waals surface area (Å²) >= 11 is 7.49. The van der Waals surface area contributed by atoms with E-state index in [4.69, 9.17) is 21.1 Å². The van der Waals surface area contributed by atoms with Gasteiger partial charge < -0.3 is 19.7 Å². The van der Waals surface area contributed by atoms with Gasteiger partial charge in [-0.1, -0.05) is 11.6 Å². The van der Waals surface area contributed by atoms with Gasteiger partial charge in [0.1, 0.15) is 11.8 Å². The van der Waals surface area contributed by atoms with Crippen LogP contribution in [0.25, 0.3) is 0 Å². The highest BCUT2D eigenvalue weighted by atomic mass is 35.5. The molecule has 7 nitrogen and oxygen atoms in total. The lowest BCUT2D eigenvalue weighted by Gasteiger charge is -2.29. The van der Waals surface area contributed by atoms with Crippen LogP contribution in [0.1, 0.15) is 19.8 Å². The first-order valence-corrected chi connectivity index (χ1v) is 9.46. The summed E-state index contributed by atoms with van der Waals surface area (Å²) in [7, 11) is 1.47. The van der Waals surface area contributed by atoms with E-state index in [9.17, 15) is 14.4 Å². The number of hydrogen-bond acceptors (Lipinski definition) is 6. The highest BCUT2D eigenvalue weighted by molar-refractivity contribution is 8.01. The van der Waals surface area contributed by atoms with Gasteiger partial charge in [-0.05, 0) is 31.5 Å². The Kier molecular flexibility index (Phi) is 5.34. The minimum atomic E-state index is -0.645. The van der Waals surface area contributed by atoms with Crippen LogP contribution in [0.2, 0.25) is 5.02 Å². The van der Waals surface area contributed by atoms with Crippen LogP contribution in [0, 0.1) is 0 Å². The van der Waals surface area contributed by atoms with Crippen LogP contribution in [0.5, 0.6) is 5.75 Å². The van der Waals surface area contributed by atoms with Crippen LogP contribution < -0.4 is 10.1 Å². The van der Waals surface area contributed by atoms with Crippen molar-refractivity contribution in [2.45, 2.75) is 30.7 Å². The molecule has 2 aliphatic rings. The molecular weight excluding hydrogens is 380 g/mol. The Balaban J connectivity index is 1.57. The summed E-state index contributed by atoms with van der Waals surface area (Å²) in [5.41, 5.74) is 0.389. The molecule has 0 spiro atoms. The molecule has 2 aliphatic heterocycles. The van der Waals surface area contributed by atoms with Gasteiger partial charge in [0.2, 0.25) is 5.91 Å². The van der Waals surface area contributed by atoms with Gasteiger partial charge in [-0.25, -0.2) is 4.79 Å². The van der Waals surface area contributed by atoms with Crippen molar-refractivity contribution in [2.24, 2.45) is 0 Å². The van der Waals surface area contributed by atoms with E-state index in [2.05, 4.69) is 5.32 Å². The molecule has 1 N–H and O–H groups in total. The summed E-state index contributed by atoms with van der Waals surface area (Å²) in [6.45, 7) is 1.50. The number of nitrogens with one attached hydrogen (secondary N) is 1. The van der Waals surface area contributed by atoms with Crippen molar-refractivity contribution in [1.82, 2.24) is 4.90 Å². The number of nitrogens with zero attached hydrogens (tertiary/aromatic N) is 1. The van der Waals surface area contributed by atoms with Gasteiger partial charge in [-0.2, -0.15) is 0 Å². The average molecular weight is 399 g/mol. The zero-order chi connectivity index (χ0) is 18.9. The molecular formula is C17H19ClN2O5S. The third-order valence-corrected chi connectivity index (χ3v) is 6.24. The standard InChI is InChI=1S/C17H19ClN2O5S/c1-17-6-5-15(22)20(17)12(9-26-17)16(23)25-8-14(21)19-11-7-10(18)3-4-13(11)24-2/h3-4,7,12H,5-6,8-9H2,1-2H3,(H,19,21)/t12-,17-/m1/s1. The zero-order valence-electron chi connectivity index (χ0n) is 14.4. The Morgan fingerprint density at radius 3 is 2.96 bits per heavy atom. The van der Waals surface area contributed by atoms with E-state index in [-0.39, 0.29) is 10.8 Å². The minimum absolute atomic E-state index is 0.0486. The van der Waals surface area contributed by atoms with E-state index < -0.39 is 24.5 Å². The lowest BCUT2D eigenvalue weighted by Crippen LogP contribution is -2.47. The van der Waals surface area contributed by atoms with Gasteiger partial charge in [-0.3, -0.25) is 9.59 Å². The number of fused-ring (bicyclic) bond motifs is 1. The molecule has 0 aromatic heterocycles. The minimum Gasteiger partial charge on any atom is -0.495 e. The number of amides is 2. The molecule has 0 saturated carbocycles. The second-order valence-corrected chi connectivity index (χ2v) is 8.20. The third kappa shape index (κ3) is 3.61. The van der Waals surface area contributed by atoms with E-state index >= 15 is 0 Å². The van der Waals surface area contributed by atoms with E-state index in [0.717, 1.165) is 6.42 Å². The number of rotatable bonds is 5. The van der Waals surface area contributed by atoms with Crippen LogP contribution in [0.15, 0.2) is 18.2 Å². The highest BCUT2D eigenvalue weighted by Crippen LogP contribution is 2.47. The van der Waals surface area contributed by atoms with Crippen molar-refractivity contribution < 1.29 is 23.9 Å². The maximum absolute atomic E-state index is 12.4. The van der Waals surface area contributed by atoms with E-state index in [0.29, 0.717) is 28.6 Å². The van der Waals surface area contributed by atoms with Gasteiger partial charge in [-0.15, -0.1) is 11.8 Å². The predicted octanol–water partition coefficient (Wildman–Crippen LogP) is 2.28. The normalized spacial score (nSPS) is 24.3. The summed E-state index contributed by atoms with van der Waals surface area (Å²) in [6, 6.07) is 4.16. The zero-order valence-corrected chi connectivity index (χ0v) is 16.0. The van der Waals surface area contributed by atoms with E-state index in [1.54, 1.807) is 34.9 Å². The first kappa shape index (κ1) is 18.8. The average Bonchev–Trinajstić information content (AvgIpc) is 3.09. The summed E-state index contributed by atoms with van der Waals surface area (Å²) in [5, 5.41) is 3.04. The topological polar surface area (TPSA) is 84.9 Å². The molecule has 26 heavy (non-hydrogen) atoms. The predicted molar refractivity (Wildman–Crippen MR) is 98.3 cm³/mol. The van der Waals surface area contributed by atoms with Crippen LogP contribution >= 0.6 is 23.4 Å². The lowest BCUT2D eigenvalue weighted by atomic mass is 10.2. The fraction of sp³-hybridized carbons (Fsp3) is 0.471. The maximum atomic E-state index is 12.4. The first-order chi connectivity index (χ1) is 12.3. The Morgan fingerprint density at radius 1 is 1.46 bits per heavy atom. The number of benzene rings is 1. The Labute approximate surface area is 160 Å². The van der Waals surface area contributed by atoms with Crippen molar-refractivity contribution in [1.29, 1.82) is 0 Å². The number of hydrogen-bond donors (Lipinski definition) is 1. The molecule has 1 aromatic rings. The molecule has 0 radical (unpaired) electrons. The number of methoxy groups -OCH3 is 1. The third-order valence-electron chi connectivity index (χ3n) is 4.50. The quantitative estimate of drug-likeness (QED) is 0.766. The first-order valence-electron chi connectivity index (χ1n) is 8.10. The Hall–Kier alpha value is -1.93. The van der Waals surface area contributed by atoms with Gasteiger partial charge in [0.05, 0.1) is 17.7 Å². The molecule has 2 amide bonds. The van der Waals surface area contributed by atoms with Crippen LogP contribution in [-0.2, 0) is 19.1 Å².